The summed E-state index contributed by atoms with van der Waals surface area (Å²) in [5.41, 5.74) is 5.41. The van der Waals surface area contributed by atoms with E-state index in [0.717, 1.165) is 0 Å². The van der Waals surface area contributed by atoms with Crippen molar-refractivity contribution in [3.05, 3.63) is 0 Å². The number of hydrogen-bond donors (Lipinski definition) is 4. The molecule has 1 unspecified atom stereocenters. The molecule has 0 saturated heterocycles. The van der Waals surface area contributed by atoms with Crippen molar-refractivity contribution in [3.63, 3.8) is 0 Å². The normalized spacial score (nSPS) is 14.3. The molecular weight excluding hydrogens is 236 g/mol. The van der Waals surface area contributed by atoms with Crippen LogP contribution in [0.2, 0.25) is 0 Å². The van der Waals surface area contributed by atoms with Crippen molar-refractivity contribution in [3.8, 4) is 0 Å². The molecule has 0 aromatic carbocycles. The molecule has 2 atom stereocenters. The summed E-state index contributed by atoms with van der Waals surface area (Å²) in [5, 5.41) is 11.2. The maximum Gasteiger partial charge on any atom is 0.326 e. The third-order valence-corrected chi connectivity index (χ3v) is 2.80. The van der Waals surface area contributed by atoms with Gasteiger partial charge in [0.15, 0.2) is 0 Å². The second kappa shape index (κ2) is 7.84. The molecule has 0 spiro atoms. The Morgan fingerprint density at radius 2 is 2.20 bits per heavy atom. The number of carbonyl (C=O) groups excluding carboxylic acids is 1. The standard InChI is InChI=1S/C8H16N2O3S2/c1-15-3-2-6(8(12)13)10-7(11)5(9)4-14/h5-6,14H,2-4,9H2,1H3,(H,10,11)(H,12,13)/t5-,6?/m0/s1. The summed E-state index contributed by atoms with van der Waals surface area (Å²) < 4.78 is 0. The first kappa shape index (κ1) is 14.6. The Balaban J connectivity index is 4.16. The van der Waals surface area contributed by atoms with Gasteiger partial charge in [-0.2, -0.15) is 24.4 Å². The van der Waals surface area contributed by atoms with Crippen molar-refractivity contribution in [2.45, 2.75) is 18.5 Å². The van der Waals surface area contributed by atoms with Crippen LogP contribution in [-0.4, -0.2) is 46.8 Å². The average Bonchev–Trinajstić information content (AvgIpc) is 2.22. The van der Waals surface area contributed by atoms with Gasteiger partial charge in [-0.15, -0.1) is 0 Å². The Morgan fingerprint density at radius 1 is 1.60 bits per heavy atom. The molecule has 0 bridgehead atoms. The molecule has 1 amide bonds. The minimum Gasteiger partial charge on any atom is -0.480 e. The molecule has 0 aliphatic carbocycles. The lowest BCUT2D eigenvalue weighted by molar-refractivity contribution is -0.141. The van der Waals surface area contributed by atoms with Crippen molar-refractivity contribution in [2.24, 2.45) is 5.73 Å². The number of amides is 1. The van der Waals surface area contributed by atoms with Gasteiger partial charge in [0, 0.05) is 5.75 Å². The molecule has 0 aromatic rings. The van der Waals surface area contributed by atoms with E-state index < -0.39 is 24.0 Å². The van der Waals surface area contributed by atoms with E-state index in [9.17, 15) is 9.59 Å². The predicted octanol–water partition coefficient (Wildman–Crippen LogP) is -0.434. The van der Waals surface area contributed by atoms with E-state index in [1.54, 1.807) is 0 Å². The monoisotopic (exact) mass is 252 g/mol. The maximum absolute atomic E-state index is 11.3. The molecule has 88 valence electrons. The van der Waals surface area contributed by atoms with Crippen molar-refractivity contribution >= 4 is 36.3 Å². The number of carbonyl (C=O) groups is 2. The molecule has 7 heteroatoms. The van der Waals surface area contributed by atoms with Crippen LogP contribution in [-0.2, 0) is 9.59 Å². The van der Waals surface area contributed by atoms with Gasteiger partial charge in [0.1, 0.15) is 6.04 Å². The van der Waals surface area contributed by atoms with E-state index in [1.807, 2.05) is 6.26 Å². The first-order chi connectivity index (χ1) is 7.02. The summed E-state index contributed by atoms with van der Waals surface area (Å²) in [5.74, 6) is -0.643. The van der Waals surface area contributed by atoms with Gasteiger partial charge in [-0.05, 0) is 18.4 Å². The van der Waals surface area contributed by atoms with E-state index in [2.05, 4.69) is 17.9 Å². The number of thioether (sulfide) groups is 1. The van der Waals surface area contributed by atoms with Crippen LogP contribution in [0.3, 0.4) is 0 Å². The fourth-order valence-electron chi connectivity index (χ4n) is 0.855. The largest absolute Gasteiger partial charge is 0.480 e. The summed E-state index contributed by atoms with van der Waals surface area (Å²) in [7, 11) is 0. The summed E-state index contributed by atoms with van der Waals surface area (Å²) in [6, 6.07) is -1.62. The lowest BCUT2D eigenvalue weighted by Gasteiger charge is -2.16. The van der Waals surface area contributed by atoms with Crippen LogP contribution in [0.1, 0.15) is 6.42 Å². The summed E-state index contributed by atoms with van der Waals surface area (Å²) in [4.78, 5) is 22.1. The van der Waals surface area contributed by atoms with Gasteiger partial charge in [-0.1, -0.05) is 0 Å². The number of nitrogens with one attached hydrogen (secondary N) is 1. The number of hydrogen-bond acceptors (Lipinski definition) is 5. The number of thiol groups is 1. The second-order valence-corrected chi connectivity index (χ2v) is 4.32. The zero-order chi connectivity index (χ0) is 11.8. The Morgan fingerprint density at radius 3 is 2.60 bits per heavy atom. The quantitative estimate of drug-likeness (QED) is 0.461. The Labute approximate surface area is 98.6 Å². The number of rotatable bonds is 7. The maximum atomic E-state index is 11.3. The summed E-state index contributed by atoms with van der Waals surface area (Å²) >= 11 is 5.39. The molecule has 0 aliphatic rings. The van der Waals surface area contributed by atoms with Gasteiger partial charge in [0.2, 0.25) is 5.91 Å². The van der Waals surface area contributed by atoms with Crippen LogP contribution in [0.15, 0.2) is 0 Å². The van der Waals surface area contributed by atoms with E-state index in [4.69, 9.17) is 10.8 Å². The third kappa shape index (κ3) is 5.91. The smallest absolute Gasteiger partial charge is 0.326 e. The zero-order valence-corrected chi connectivity index (χ0v) is 10.2. The Hall–Kier alpha value is -0.400. The van der Waals surface area contributed by atoms with E-state index in [1.165, 1.54) is 11.8 Å². The third-order valence-electron chi connectivity index (χ3n) is 1.76. The minimum absolute atomic E-state index is 0.195. The van der Waals surface area contributed by atoms with Gasteiger partial charge in [0.25, 0.3) is 0 Å². The number of carboxylic acid groups (broad SMARTS) is 1. The van der Waals surface area contributed by atoms with Crippen LogP contribution in [0.5, 0.6) is 0 Å². The Kier molecular flexibility index (Phi) is 7.63. The molecule has 0 radical (unpaired) electrons. The molecule has 0 aliphatic heterocycles. The highest BCUT2D eigenvalue weighted by Gasteiger charge is 2.21. The molecule has 5 nitrogen and oxygen atoms in total. The molecule has 0 aromatic heterocycles. The van der Waals surface area contributed by atoms with Crippen molar-refractivity contribution in [2.75, 3.05) is 17.8 Å². The predicted molar refractivity (Wildman–Crippen MR) is 64.4 cm³/mol. The average molecular weight is 252 g/mol. The van der Waals surface area contributed by atoms with E-state index in [-0.39, 0.29) is 5.75 Å². The highest BCUT2D eigenvalue weighted by atomic mass is 32.2. The number of nitrogens with two attached hydrogens (primary N) is 1. The number of carboxylic acids is 1. The minimum atomic E-state index is -1.04. The summed E-state index contributed by atoms with van der Waals surface area (Å²) in [6.07, 6.45) is 2.27. The molecule has 4 N–H and O–H groups in total. The number of aliphatic carboxylic acids is 1. The van der Waals surface area contributed by atoms with Crippen molar-refractivity contribution in [1.29, 1.82) is 0 Å². The van der Waals surface area contributed by atoms with Crippen LogP contribution in [0.25, 0.3) is 0 Å². The van der Waals surface area contributed by atoms with Gasteiger partial charge in [-0.25, -0.2) is 4.79 Å². The topological polar surface area (TPSA) is 92.4 Å². The zero-order valence-electron chi connectivity index (χ0n) is 8.47. The molecule has 0 rings (SSSR count). The molecule has 0 heterocycles. The fraction of sp³-hybridized carbons (Fsp3) is 0.750. The fourth-order valence-corrected chi connectivity index (χ4v) is 1.49. The lowest BCUT2D eigenvalue weighted by atomic mass is 10.2. The summed E-state index contributed by atoms with van der Waals surface area (Å²) in [6.45, 7) is 0. The van der Waals surface area contributed by atoms with Crippen molar-refractivity contribution in [1.82, 2.24) is 5.32 Å². The molecule has 0 fully saturated rings. The highest BCUT2D eigenvalue weighted by Crippen LogP contribution is 2.01. The van der Waals surface area contributed by atoms with Crippen molar-refractivity contribution < 1.29 is 14.7 Å². The van der Waals surface area contributed by atoms with Gasteiger partial charge >= 0.3 is 5.97 Å². The van der Waals surface area contributed by atoms with Crippen LogP contribution in [0, 0.1) is 0 Å². The Bertz CT molecular complexity index is 226. The van der Waals surface area contributed by atoms with Crippen LogP contribution in [0.4, 0.5) is 0 Å². The molecule has 15 heavy (non-hydrogen) atoms. The molecular formula is C8H16N2O3S2. The van der Waals surface area contributed by atoms with Crippen LogP contribution >= 0.6 is 24.4 Å². The highest BCUT2D eigenvalue weighted by molar-refractivity contribution is 7.98. The van der Waals surface area contributed by atoms with Gasteiger partial charge in [-0.3, -0.25) is 4.79 Å². The first-order valence-electron chi connectivity index (χ1n) is 4.41. The van der Waals surface area contributed by atoms with Gasteiger partial charge in [0.05, 0.1) is 6.04 Å². The lowest BCUT2D eigenvalue weighted by Crippen LogP contribution is -2.49. The first-order valence-corrected chi connectivity index (χ1v) is 6.44. The van der Waals surface area contributed by atoms with Gasteiger partial charge < -0.3 is 16.2 Å². The SMILES string of the molecule is CSCCC(NC(=O)[C@@H](N)CS)C(=O)O. The molecule has 0 saturated carbocycles. The second-order valence-electron chi connectivity index (χ2n) is 2.97. The van der Waals surface area contributed by atoms with E-state index in [0.29, 0.717) is 12.2 Å². The van der Waals surface area contributed by atoms with E-state index >= 15 is 0 Å². The van der Waals surface area contributed by atoms with Crippen LogP contribution < -0.4 is 11.1 Å².